The standard InChI is InChI=1S/C14H16BrN3OS/c1-3-6-12-13(20-18-17-12)14(19)16-11-8-5-4-7-10(11)9(2)15/h4-5,7-9H,3,6H2,1-2H3,(H,16,19). The highest BCUT2D eigenvalue weighted by atomic mass is 79.9. The van der Waals surface area contributed by atoms with Crippen molar-refractivity contribution in [1.82, 2.24) is 9.59 Å². The molecule has 2 rings (SSSR count). The van der Waals surface area contributed by atoms with Crippen molar-refractivity contribution in [3.05, 3.63) is 40.4 Å². The molecule has 1 aromatic heterocycles. The maximum absolute atomic E-state index is 12.3. The third-order valence-electron chi connectivity index (χ3n) is 2.89. The van der Waals surface area contributed by atoms with Crippen molar-refractivity contribution in [2.45, 2.75) is 31.5 Å². The smallest absolute Gasteiger partial charge is 0.269 e. The Morgan fingerprint density at radius 2 is 2.20 bits per heavy atom. The van der Waals surface area contributed by atoms with Crippen LogP contribution in [-0.2, 0) is 6.42 Å². The average Bonchev–Trinajstić information content (AvgIpc) is 2.88. The van der Waals surface area contributed by atoms with Crippen LogP contribution in [0.5, 0.6) is 0 Å². The van der Waals surface area contributed by atoms with Crippen molar-refractivity contribution in [1.29, 1.82) is 0 Å². The van der Waals surface area contributed by atoms with Crippen molar-refractivity contribution in [2.75, 3.05) is 5.32 Å². The highest BCUT2D eigenvalue weighted by Gasteiger charge is 2.17. The quantitative estimate of drug-likeness (QED) is 0.819. The lowest BCUT2D eigenvalue weighted by Crippen LogP contribution is -2.14. The molecule has 0 saturated carbocycles. The molecular formula is C14H16BrN3OS. The minimum absolute atomic E-state index is 0.135. The number of aryl methyl sites for hydroxylation is 1. The molecule has 1 amide bonds. The second-order valence-electron chi connectivity index (χ2n) is 4.46. The summed E-state index contributed by atoms with van der Waals surface area (Å²) in [6.45, 7) is 4.09. The molecule has 1 aromatic carbocycles. The molecule has 0 aliphatic carbocycles. The lowest BCUT2D eigenvalue weighted by molar-refractivity contribution is 0.102. The molecule has 106 valence electrons. The summed E-state index contributed by atoms with van der Waals surface area (Å²) in [5.41, 5.74) is 2.65. The number of carbonyl (C=O) groups is 1. The first-order valence-electron chi connectivity index (χ1n) is 6.49. The number of hydrogen-bond acceptors (Lipinski definition) is 4. The van der Waals surface area contributed by atoms with E-state index in [1.165, 1.54) is 0 Å². The van der Waals surface area contributed by atoms with Crippen molar-refractivity contribution in [2.24, 2.45) is 0 Å². The predicted molar refractivity (Wildman–Crippen MR) is 85.6 cm³/mol. The summed E-state index contributed by atoms with van der Waals surface area (Å²) in [4.78, 5) is 13.1. The third kappa shape index (κ3) is 3.43. The number of nitrogens with one attached hydrogen (secondary N) is 1. The minimum Gasteiger partial charge on any atom is -0.321 e. The maximum atomic E-state index is 12.3. The number of alkyl halides is 1. The Labute approximate surface area is 130 Å². The van der Waals surface area contributed by atoms with Gasteiger partial charge in [0.05, 0.1) is 5.69 Å². The monoisotopic (exact) mass is 353 g/mol. The summed E-state index contributed by atoms with van der Waals surface area (Å²) < 4.78 is 3.88. The van der Waals surface area contributed by atoms with Crippen molar-refractivity contribution < 1.29 is 4.79 Å². The first-order chi connectivity index (χ1) is 9.63. The zero-order valence-electron chi connectivity index (χ0n) is 11.4. The molecule has 1 unspecified atom stereocenters. The zero-order valence-corrected chi connectivity index (χ0v) is 13.8. The molecule has 0 bridgehead atoms. The second-order valence-corrected chi connectivity index (χ2v) is 6.58. The summed E-state index contributed by atoms with van der Waals surface area (Å²) in [6.07, 6.45) is 1.72. The van der Waals surface area contributed by atoms with Crippen LogP contribution in [0, 0.1) is 0 Å². The molecular weight excluding hydrogens is 338 g/mol. The number of nitrogens with zero attached hydrogens (tertiary/aromatic N) is 2. The highest BCUT2D eigenvalue weighted by molar-refractivity contribution is 9.09. The molecule has 4 nitrogen and oxygen atoms in total. The minimum atomic E-state index is -0.135. The van der Waals surface area contributed by atoms with E-state index in [1.54, 1.807) is 0 Å². The van der Waals surface area contributed by atoms with E-state index < -0.39 is 0 Å². The Morgan fingerprint density at radius 3 is 2.90 bits per heavy atom. The summed E-state index contributed by atoms with van der Waals surface area (Å²) in [6, 6.07) is 7.76. The van der Waals surface area contributed by atoms with Crippen LogP contribution in [0.15, 0.2) is 24.3 Å². The molecule has 0 aliphatic rings. The van der Waals surface area contributed by atoms with E-state index in [0.29, 0.717) is 4.88 Å². The number of para-hydroxylation sites is 1. The molecule has 0 spiro atoms. The van der Waals surface area contributed by atoms with Crippen LogP contribution in [0.4, 0.5) is 5.69 Å². The Balaban J connectivity index is 2.22. The summed E-state index contributed by atoms with van der Waals surface area (Å²) >= 11 is 4.68. The van der Waals surface area contributed by atoms with E-state index in [4.69, 9.17) is 0 Å². The number of carbonyl (C=O) groups excluding carboxylic acids is 1. The van der Waals surface area contributed by atoms with E-state index in [2.05, 4.69) is 37.8 Å². The average molecular weight is 354 g/mol. The van der Waals surface area contributed by atoms with Crippen molar-refractivity contribution in [3.8, 4) is 0 Å². The fourth-order valence-electron chi connectivity index (χ4n) is 1.92. The van der Waals surface area contributed by atoms with Gasteiger partial charge in [-0.3, -0.25) is 4.79 Å². The van der Waals surface area contributed by atoms with Crippen molar-refractivity contribution in [3.63, 3.8) is 0 Å². The van der Waals surface area contributed by atoms with Gasteiger partial charge in [-0.1, -0.05) is 52.0 Å². The maximum Gasteiger partial charge on any atom is 0.269 e. The van der Waals surface area contributed by atoms with Gasteiger partial charge in [-0.15, -0.1) is 5.10 Å². The van der Waals surface area contributed by atoms with Crippen LogP contribution >= 0.6 is 27.5 Å². The first-order valence-corrected chi connectivity index (χ1v) is 8.18. The SMILES string of the molecule is CCCc1nnsc1C(=O)Nc1ccccc1C(C)Br. The largest absolute Gasteiger partial charge is 0.321 e. The molecule has 20 heavy (non-hydrogen) atoms. The molecule has 2 aromatic rings. The lowest BCUT2D eigenvalue weighted by Gasteiger charge is -2.12. The van der Waals surface area contributed by atoms with E-state index in [9.17, 15) is 4.79 Å². The molecule has 0 aliphatic heterocycles. The van der Waals surface area contributed by atoms with Gasteiger partial charge in [0.15, 0.2) is 0 Å². The van der Waals surface area contributed by atoms with Crippen LogP contribution in [0.2, 0.25) is 0 Å². The van der Waals surface area contributed by atoms with Gasteiger partial charge in [0, 0.05) is 10.5 Å². The van der Waals surface area contributed by atoms with E-state index >= 15 is 0 Å². The van der Waals surface area contributed by atoms with Gasteiger partial charge in [0.2, 0.25) is 0 Å². The van der Waals surface area contributed by atoms with Gasteiger partial charge in [0.1, 0.15) is 4.88 Å². The summed E-state index contributed by atoms with van der Waals surface area (Å²) in [5, 5.41) is 6.98. The number of benzene rings is 1. The highest BCUT2D eigenvalue weighted by Crippen LogP contribution is 2.29. The van der Waals surface area contributed by atoms with Gasteiger partial charge in [-0.05, 0) is 36.5 Å². The number of aromatic nitrogens is 2. The number of halogens is 1. The topological polar surface area (TPSA) is 54.9 Å². The lowest BCUT2D eigenvalue weighted by atomic mass is 10.1. The Kier molecular flexibility index (Phi) is 5.25. The van der Waals surface area contributed by atoms with Gasteiger partial charge in [-0.2, -0.15) is 0 Å². The molecule has 0 saturated heterocycles. The number of amides is 1. The van der Waals surface area contributed by atoms with Gasteiger partial charge in [0.25, 0.3) is 5.91 Å². The number of anilines is 1. The van der Waals surface area contributed by atoms with Crippen LogP contribution in [-0.4, -0.2) is 15.5 Å². The Bertz CT molecular complexity index is 598. The summed E-state index contributed by atoms with van der Waals surface area (Å²) in [7, 11) is 0. The Hall–Kier alpha value is -1.27. The van der Waals surface area contributed by atoms with Gasteiger partial charge >= 0.3 is 0 Å². The molecule has 1 atom stereocenters. The molecule has 1 heterocycles. The fourth-order valence-corrected chi connectivity index (χ4v) is 2.92. The summed E-state index contributed by atoms with van der Waals surface area (Å²) in [5.74, 6) is -0.135. The van der Waals surface area contributed by atoms with Gasteiger partial charge in [-0.25, -0.2) is 0 Å². The van der Waals surface area contributed by atoms with Crippen LogP contribution in [0.3, 0.4) is 0 Å². The van der Waals surface area contributed by atoms with E-state index in [-0.39, 0.29) is 10.7 Å². The third-order valence-corrected chi connectivity index (χ3v) is 4.15. The van der Waals surface area contributed by atoms with Crippen LogP contribution < -0.4 is 5.32 Å². The number of hydrogen-bond donors (Lipinski definition) is 1. The predicted octanol–water partition coefficient (Wildman–Crippen LogP) is 4.20. The van der Waals surface area contributed by atoms with E-state index in [1.807, 2.05) is 31.2 Å². The zero-order chi connectivity index (χ0) is 14.5. The number of rotatable bonds is 5. The van der Waals surface area contributed by atoms with E-state index in [0.717, 1.165) is 41.3 Å². The normalized spacial score (nSPS) is 12.2. The molecule has 0 radical (unpaired) electrons. The van der Waals surface area contributed by atoms with Crippen LogP contribution in [0.1, 0.15) is 46.0 Å². The van der Waals surface area contributed by atoms with Crippen LogP contribution in [0.25, 0.3) is 0 Å². The fraction of sp³-hybridized carbons (Fsp3) is 0.357. The van der Waals surface area contributed by atoms with Gasteiger partial charge < -0.3 is 5.32 Å². The molecule has 1 N–H and O–H groups in total. The second kappa shape index (κ2) is 6.95. The van der Waals surface area contributed by atoms with Crippen molar-refractivity contribution >= 4 is 39.1 Å². The molecule has 6 heteroatoms. The first kappa shape index (κ1) is 15.1. The Morgan fingerprint density at radius 1 is 1.45 bits per heavy atom. The molecule has 0 fully saturated rings.